The van der Waals surface area contributed by atoms with E-state index in [1.807, 2.05) is 6.07 Å². The summed E-state index contributed by atoms with van der Waals surface area (Å²) in [6.45, 7) is 0.872. The first kappa shape index (κ1) is 12.0. The van der Waals surface area contributed by atoms with E-state index in [-0.39, 0.29) is 17.5 Å². The summed E-state index contributed by atoms with van der Waals surface area (Å²) in [4.78, 5) is 1.20. The van der Waals surface area contributed by atoms with Crippen molar-refractivity contribution in [3.05, 3.63) is 44.1 Å². The molecule has 0 spiro atoms. The Morgan fingerprint density at radius 2 is 2.00 bits per heavy atom. The quantitative estimate of drug-likeness (QED) is 0.706. The molecule has 2 aromatic rings. The summed E-state index contributed by atoms with van der Waals surface area (Å²) >= 11 is 5.14. The molecule has 1 aromatic heterocycles. The van der Waals surface area contributed by atoms with Gasteiger partial charge in [0.15, 0.2) is 11.5 Å². The fraction of sp³-hybridized carbons (Fsp3) is 0.231. The minimum atomic E-state index is -0.0573. The van der Waals surface area contributed by atoms with Gasteiger partial charge in [-0.15, -0.1) is 11.3 Å². The summed E-state index contributed by atoms with van der Waals surface area (Å²) in [6.07, 6.45) is 0.867. The Morgan fingerprint density at radius 1 is 1.22 bits per heavy atom. The molecule has 94 valence electrons. The molecule has 3 nitrogen and oxygen atoms in total. The van der Waals surface area contributed by atoms with E-state index in [1.54, 1.807) is 23.5 Å². The summed E-state index contributed by atoms with van der Waals surface area (Å²) in [7, 11) is 0. The number of hydrogen-bond donors (Lipinski definition) is 3. The number of aromatic hydroxyl groups is 2. The fourth-order valence-electron chi connectivity index (χ4n) is 2.32. The van der Waals surface area contributed by atoms with Crippen LogP contribution in [0, 0.1) is 0 Å². The van der Waals surface area contributed by atoms with E-state index < -0.39 is 0 Å². The van der Waals surface area contributed by atoms with Gasteiger partial charge in [0.1, 0.15) is 0 Å². The molecule has 1 atom stereocenters. The van der Waals surface area contributed by atoms with Crippen LogP contribution in [-0.4, -0.2) is 16.8 Å². The van der Waals surface area contributed by atoms with Gasteiger partial charge in [-0.1, -0.05) is 0 Å². The topological polar surface area (TPSA) is 52.5 Å². The standard InChI is InChI=1S/C13H12BrNO2S/c14-12-2-1-11(18-12)13-8-6-10(17)9(16)5-7(8)3-4-15-13/h1-2,5-6,13,15-17H,3-4H2. The van der Waals surface area contributed by atoms with Crippen molar-refractivity contribution in [2.24, 2.45) is 0 Å². The zero-order chi connectivity index (χ0) is 12.7. The number of nitrogens with one attached hydrogen (secondary N) is 1. The van der Waals surface area contributed by atoms with Crippen molar-refractivity contribution in [1.82, 2.24) is 5.32 Å². The van der Waals surface area contributed by atoms with Crippen molar-refractivity contribution in [2.45, 2.75) is 12.5 Å². The third-order valence-corrected chi connectivity index (χ3v) is 4.86. The molecule has 1 unspecified atom stereocenters. The molecule has 5 heteroatoms. The summed E-state index contributed by atoms with van der Waals surface area (Å²) in [6, 6.07) is 7.52. The van der Waals surface area contributed by atoms with Gasteiger partial charge in [-0.3, -0.25) is 0 Å². The molecule has 1 aliphatic heterocycles. The van der Waals surface area contributed by atoms with Crippen LogP contribution in [0.5, 0.6) is 11.5 Å². The van der Waals surface area contributed by atoms with Crippen molar-refractivity contribution in [3.63, 3.8) is 0 Å². The Morgan fingerprint density at radius 3 is 2.72 bits per heavy atom. The Balaban J connectivity index is 2.09. The number of hydrogen-bond acceptors (Lipinski definition) is 4. The zero-order valence-corrected chi connectivity index (χ0v) is 11.9. The largest absolute Gasteiger partial charge is 0.504 e. The van der Waals surface area contributed by atoms with Crippen molar-refractivity contribution in [3.8, 4) is 11.5 Å². The normalized spacial score (nSPS) is 18.6. The molecule has 1 aromatic carbocycles. The molecule has 0 saturated heterocycles. The van der Waals surface area contributed by atoms with E-state index in [0.717, 1.165) is 27.9 Å². The van der Waals surface area contributed by atoms with Gasteiger partial charge >= 0.3 is 0 Å². The van der Waals surface area contributed by atoms with Crippen LogP contribution in [0.2, 0.25) is 0 Å². The second-order valence-electron chi connectivity index (χ2n) is 4.32. The van der Waals surface area contributed by atoms with Crippen LogP contribution in [0.25, 0.3) is 0 Å². The minimum absolute atomic E-state index is 0.0400. The summed E-state index contributed by atoms with van der Waals surface area (Å²) in [5.74, 6) is -0.0974. The molecule has 0 radical (unpaired) electrons. The van der Waals surface area contributed by atoms with Crippen LogP contribution in [0.1, 0.15) is 22.0 Å². The maximum Gasteiger partial charge on any atom is 0.157 e. The van der Waals surface area contributed by atoms with E-state index in [1.165, 1.54) is 4.88 Å². The summed E-state index contributed by atoms with van der Waals surface area (Å²) < 4.78 is 1.09. The summed E-state index contributed by atoms with van der Waals surface area (Å²) in [5, 5.41) is 22.7. The summed E-state index contributed by atoms with van der Waals surface area (Å²) in [5.41, 5.74) is 2.14. The number of thiophene rings is 1. The maximum atomic E-state index is 9.66. The first-order valence-electron chi connectivity index (χ1n) is 5.68. The van der Waals surface area contributed by atoms with E-state index in [2.05, 4.69) is 27.3 Å². The van der Waals surface area contributed by atoms with Gasteiger partial charge in [0, 0.05) is 11.4 Å². The molecular weight excluding hydrogens is 314 g/mol. The van der Waals surface area contributed by atoms with E-state index in [9.17, 15) is 10.2 Å². The first-order chi connectivity index (χ1) is 8.65. The van der Waals surface area contributed by atoms with Crippen LogP contribution in [0.15, 0.2) is 28.1 Å². The molecule has 1 aliphatic rings. The molecule has 3 N–H and O–H groups in total. The lowest BCUT2D eigenvalue weighted by molar-refractivity contribution is 0.400. The lowest BCUT2D eigenvalue weighted by atomic mass is 9.93. The van der Waals surface area contributed by atoms with Gasteiger partial charge < -0.3 is 15.5 Å². The monoisotopic (exact) mass is 325 g/mol. The predicted octanol–water partition coefficient (Wildman–Crippen LogP) is 3.16. The molecular formula is C13H12BrNO2S. The van der Waals surface area contributed by atoms with Crippen LogP contribution in [-0.2, 0) is 6.42 Å². The van der Waals surface area contributed by atoms with Gasteiger partial charge in [0.05, 0.1) is 9.83 Å². The number of halogens is 1. The van der Waals surface area contributed by atoms with Crippen LogP contribution in [0.3, 0.4) is 0 Å². The van der Waals surface area contributed by atoms with Crippen molar-refractivity contribution in [1.29, 1.82) is 0 Å². The highest BCUT2D eigenvalue weighted by Gasteiger charge is 2.24. The molecule has 0 saturated carbocycles. The highest BCUT2D eigenvalue weighted by molar-refractivity contribution is 9.11. The Kier molecular flexibility index (Phi) is 3.05. The van der Waals surface area contributed by atoms with Gasteiger partial charge in [0.2, 0.25) is 0 Å². The smallest absolute Gasteiger partial charge is 0.157 e. The second-order valence-corrected chi connectivity index (χ2v) is 6.81. The van der Waals surface area contributed by atoms with Gasteiger partial charge in [-0.25, -0.2) is 0 Å². The maximum absolute atomic E-state index is 9.66. The molecule has 3 rings (SSSR count). The molecule has 0 fully saturated rings. The third-order valence-electron chi connectivity index (χ3n) is 3.17. The Labute approximate surface area is 117 Å². The number of rotatable bonds is 1. The predicted molar refractivity (Wildman–Crippen MR) is 75.3 cm³/mol. The second kappa shape index (κ2) is 4.57. The number of fused-ring (bicyclic) bond motifs is 1. The van der Waals surface area contributed by atoms with Crippen LogP contribution in [0.4, 0.5) is 0 Å². The number of benzene rings is 1. The van der Waals surface area contributed by atoms with Gasteiger partial charge in [-0.2, -0.15) is 0 Å². The molecule has 0 amide bonds. The van der Waals surface area contributed by atoms with E-state index in [4.69, 9.17) is 0 Å². The highest BCUT2D eigenvalue weighted by atomic mass is 79.9. The van der Waals surface area contributed by atoms with Crippen molar-refractivity contribution < 1.29 is 10.2 Å². The molecule has 2 heterocycles. The lowest BCUT2D eigenvalue weighted by Gasteiger charge is -2.26. The zero-order valence-electron chi connectivity index (χ0n) is 9.48. The number of phenols is 2. The molecule has 0 bridgehead atoms. The third kappa shape index (κ3) is 2.02. The van der Waals surface area contributed by atoms with Crippen molar-refractivity contribution in [2.75, 3.05) is 6.54 Å². The highest BCUT2D eigenvalue weighted by Crippen LogP contribution is 2.38. The minimum Gasteiger partial charge on any atom is -0.504 e. The van der Waals surface area contributed by atoms with Crippen LogP contribution < -0.4 is 5.32 Å². The average molecular weight is 326 g/mol. The average Bonchev–Trinajstić information content (AvgIpc) is 2.77. The van der Waals surface area contributed by atoms with Gasteiger partial charge in [0.25, 0.3) is 0 Å². The van der Waals surface area contributed by atoms with Gasteiger partial charge in [-0.05, 0) is 57.7 Å². The first-order valence-corrected chi connectivity index (χ1v) is 7.29. The Bertz CT molecular complexity index is 597. The molecule has 0 aliphatic carbocycles. The van der Waals surface area contributed by atoms with Crippen LogP contribution >= 0.6 is 27.3 Å². The SMILES string of the molecule is Oc1cc2c(cc1O)C(c1ccc(Br)s1)NCC2. The fourth-order valence-corrected chi connectivity index (χ4v) is 3.84. The molecule has 18 heavy (non-hydrogen) atoms. The number of phenolic OH excluding ortho intramolecular Hbond substituents is 2. The Hall–Kier alpha value is -1.04. The lowest BCUT2D eigenvalue weighted by Crippen LogP contribution is -2.29. The van der Waals surface area contributed by atoms with E-state index >= 15 is 0 Å². The van der Waals surface area contributed by atoms with Crippen molar-refractivity contribution >= 4 is 27.3 Å². The van der Waals surface area contributed by atoms with E-state index in [0.29, 0.717) is 0 Å².